The van der Waals surface area contributed by atoms with Gasteiger partial charge in [0.1, 0.15) is 12.3 Å². The first-order valence-electron chi connectivity index (χ1n) is 5.86. The van der Waals surface area contributed by atoms with Crippen molar-refractivity contribution in [2.24, 2.45) is 0 Å². The number of methoxy groups -OCH3 is 1. The van der Waals surface area contributed by atoms with Gasteiger partial charge in [-0.25, -0.2) is 13.2 Å². The summed E-state index contributed by atoms with van der Waals surface area (Å²) >= 11 is 0. The third-order valence-electron chi connectivity index (χ3n) is 3.22. The molecule has 0 aliphatic carbocycles. The lowest BCUT2D eigenvalue weighted by Gasteiger charge is -2.48. The van der Waals surface area contributed by atoms with E-state index in [1.165, 1.54) is 7.11 Å². The van der Waals surface area contributed by atoms with Gasteiger partial charge in [0.15, 0.2) is 21.3 Å². The second kappa shape index (κ2) is 5.11. The molecule has 2 aliphatic rings. The van der Waals surface area contributed by atoms with Crippen LogP contribution in [0.3, 0.4) is 0 Å². The summed E-state index contributed by atoms with van der Waals surface area (Å²) < 4.78 is 33.7. The van der Waals surface area contributed by atoms with Crippen molar-refractivity contribution in [1.29, 1.82) is 0 Å². The van der Waals surface area contributed by atoms with E-state index in [2.05, 4.69) is 4.74 Å². The van der Waals surface area contributed by atoms with Crippen LogP contribution in [-0.2, 0) is 33.7 Å². The SMILES string of the molecule is COC1C(=O)N2C(C(=O)O)=C(COC(C)=O)CS(=O)(=O)[C@@H]12. The number of rotatable bonds is 4. The summed E-state index contributed by atoms with van der Waals surface area (Å²) in [4.78, 5) is 34.6. The van der Waals surface area contributed by atoms with E-state index < -0.39 is 57.2 Å². The largest absolute Gasteiger partial charge is 0.477 e. The van der Waals surface area contributed by atoms with Gasteiger partial charge < -0.3 is 14.6 Å². The Bertz CT molecular complexity index is 649. The summed E-state index contributed by atoms with van der Waals surface area (Å²) in [5.74, 6) is -3.49. The zero-order chi connectivity index (χ0) is 15.9. The van der Waals surface area contributed by atoms with Crippen LogP contribution in [-0.4, -0.2) is 67.2 Å². The molecule has 0 bridgehead atoms. The molecule has 0 aromatic heterocycles. The fraction of sp³-hybridized carbons (Fsp3) is 0.545. The number of carboxylic acid groups (broad SMARTS) is 1. The van der Waals surface area contributed by atoms with Gasteiger partial charge in [-0.3, -0.25) is 14.5 Å². The Balaban J connectivity index is 2.46. The molecule has 21 heavy (non-hydrogen) atoms. The Morgan fingerprint density at radius 2 is 2.05 bits per heavy atom. The van der Waals surface area contributed by atoms with Gasteiger partial charge in [0, 0.05) is 19.6 Å². The van der Waals surface area contributed by atoms with Crippen LogP contribution in [0.5, 0.6) is 0 Å². The topological polar surface area (TPSA) is 127 Å². The van der Waals surface area contributed by atoms with Crippen molar-refractivity contribution in [3.63, 3.8) is 0 Å². The molecule has 0 aromatic carbocycles. The van der Waals surface area contributed by atoms with Gasteiger partial charge in [-0.1, -0.05) is 0 Å². The molecule has 2 aliphatic heterocycles. The summed E-state index contributed by atoms with van der Waals surface area (Å²) in [5.41, 5.74) is -0.605. The number of nitrogens with zero attached hydrogens (tertiary/aromatic N) is 1. The average Bonchev–Trinajstić information content (AvgIpc) is 2.36. The molecule has 10 heteroatoms. The molecular weight excluding hydrogens is 306 g/mol. The Labute approximate surface area is 120 Å². The lowest BCUT2D eigenvalue weighted by molar-refractivity contribution is -0.162. The molecule has 0 aromatic rings. The molecule has 2 rings (SSSR count). The lowest BCUT2D eigenvalue weighted by atomic mass is 10.1. The molecule has 2 heterocycles. The molecule has 116 valence electrons. The molecule has 0 saturated carbocycles. The van der Waals surface area contributed by atoms with E-state index in [0.717, 1.165) is 6.92 Å². The molecule has 1 amide bonds. The molecule has 1 saturated heterocycles. The fourth-order valence-corrected chi connectivity index (χ4v) is 4.37. The Hall–Kier alpha value is -1.94. The Kier molecular flexibility index (Phi) is 3.76. The third kappa shape index (κ3) is 2.40. The maximum absolute atomic E-state index is 12.1. The molecule has 2 atom stereocenters. The summed E-state index contributed by atoms with van der Waals surface area (Å²) in [7, 11) is -2.64. The predicted molar refractivity (Wildman–Crippen MR) is 66.5 cm³/mol. The van der Waals surface area contributed by atoms with Crippen molar-refractivity contribution in [1.82, 2.24) is 4.90 Å². The minimum atomic E-state index is -3.81. The standard InChI is InChI=1S/C11H13NO8S/c1-5(13)20-3-6-4-21(17,18)10-8(19-2)9(14)12(10)7(6)11(15)16/h8,10H,3-4H2,1-2H3,(H,15,16)/t8?,10-/m0/s1. The van der Waals surface area contributed by atoms with Gasteiger partial charge >= 0.3 is 11.9 Å². The molecule has 9 nitrogen and oxygen atoms in total. The minimum absolute atomic E-state index is 0.142. The quantitative estimate of drug-likeness (QED) is 0.490. The van der Waals surface area contributed by atoms with Crippen LogP contribution in [0.15, 0.2) is 11.3 Å². The number of hydrogen-bond donors (Lipinski definition) is 1. The van der Waals surface area contributed by atoms with E-state index >= 15 is 0 Å². The molecular formula is C11H13NO8S. The first-order valence-corrected chi connectivity index (χ1v) is 7.58. The van der Waals surface area contributed by atoms with Gasteiger partial charge in [-0.15, -0.1) is 0 Å². The fourth-order valence-electron chi connectivity index (χ4n) is 2.36. The molecule has 0 radical (unpaired) electrons. The van der Waals surface area contributed by atoms with Gasteiger partial charge in [0.2, 0.25) is 0 Å². The summed E-state index contributed by atoms with van der Waals surface area (Å²) in [5, 5.41) is 7.87. The molecule has 1 N–H and O–H groups in total. The predicted octanol–water partition coefficient (Wildman–Crippen LogP) is -1.50. The lowest BCUT2D eigenvalue weighted by Crippen LogP contribution is -2.70. The van der Waals surface area contributed by atoms with Gasteiger partial charge in [0.25, 0.3) is 5.91 Å². The van der Waals surface area contributed by atoms with E-state index in [9.17, 15) is 27.9 Å². The monoisotopic (exact) mass is 319 g/mol. The summed E-state index contributed by atoms with van der Waals surface area (Å²) in [6, 6.07) is 0. The van der Waals surface area contributed by atoms with Gasteiger partial charge in [-0.2, -0.15) is 0 Å². The number of carbonyl (C=O) groups is 3. The number of β-lactam (4-membered cyclic amide) rings is 1. The van der Waals surface area contributed by atoms with Crippen LogP contribution in [0.25, 0.3) is 0 Å². The van der Waals surface area contributed by atoms with E-state index in [0.29, 0.717) is 4.90 Å². The average molecular weight is 319 g/mol. The highest BCUT2D eigenvalue weighted by atomic mass is 32.2. The van der Waals surface area contributed by atoms with E-state index in [-0.39, 0.29) is 5.57 Å². The summed E-state index contributed by atoms with van der Waals surface area (Å²) in [6.07, 6.45) is -1.21. The Morgan fingerprint density at radius 3 is 2.52 bits per heavy atom. The van der Waals surface area contributed by atoms with Crippen LogP contribution >= 0.6 is 0 Å². The first-order chi connectivity index (χ1) is 9.70. The number of sulfone groups is 1. The highest BCUT2D eigenvalue weighted by Gasteiger charge is 2.60. The maximum atomic E-state index is 12.1. The second-order valence-corrected chi connectivity index (χ2v) is 6.70. The van der Waals surface area contributed by atoms with Crippen LogP contribution in [0, 0.1) is 0 Å². The zero-order valence-corrected chi connectivity index (χ0v) is 12.0. The number of aliphatic carboxylic acids is 1. The van der Waals surface area contributed by atoms with Crippen molar-refractivity contribution in [3.05, 3.63) is 11.3 Å². The molecule has 1 unspecified atom stereocenters. The second-order valence-electron chi connectivity index (χ2n) is 4.60. The normalized spacial score (nSPS) is 27.0. The van der Waals surface area contributed by atoms with Crippen LogP contribution in [0.1, 0.15) is 6.92 Å². The van der Waals surface area contributed by atoms with Crippen molar-refractivity contribution >= 4 is 27.7 Å². The number of fused-ring (bicyclic) bond motifs is 1. The molecule has 1 fully saturated rings. The first kappa shape index (κ1) is 15.4. The van der Waals surface area contributed by atoms with Crippen molar-refractivity contribution in [2.75, 3.05) is 19.5 Å². The maximum Gasteiger partial charge on any atom is 0.352 e. The van der Waals surface area contributed by atoms with Gasteiger partial charge in [-0.05, 0) is 0 Å². The Morgan fingerprint density at radius 1 is 1.43 bits per heavy atom. The van der Waals surface area contributed by atoms with Crippen LogP contribution in [0.4, 0.5) is 0 Å². The smallest absolute Gasteiger partial charge is 0.352 e. The van der Waals surface area contributed by atoms with Gasteiger partial charge in [0.05, 0.1) is 5.75 Å². The van der Waals surface area contributed by atoms with E-state index in [1.807, 2.05) is 0 Å². The van der Waals surface area contributed by atoms with Crippen molar-refractivity contribution < 1.29 is 37.4 Å². The number of esters is 1. The molecule has 0 spiro atoms. The van der Waals surface area contributed by atoms with E-state index in [1.54, 1.807) is 0 Å². The number of ether oxygens (including phenoxy) is 2. The zero-order valence-electron chi connectivity index (χ0n) is 11.2. The minimum Gasteiger partial charge on any atom is -0.477 e. The highest BCUT2D eigenvalue weighted by molar-refractivity contribution is 7.92. The van der Waals surface area contributed by atoms with Crippen LogP contribution in [0.2, 0.25) is 0 Å². The highest BCUT2D eigenvalue weighted by Crippen LogP contribution is 2.37. The number of hydrogen-bond acceptors (Lipinski definition) is 7. The third-order valence-corrected chi connectivity index (χ3v) is 5.16. The van der Waals surface area contributed by atoms with Crippen molar-refractivity contribution in [2.45, 2.75) is 18.4 Å². The number of amides is 1. The summed E-state index contributed by atoms with van der Waals surface area (Å²) in [6.45, 7) is 0.612. The van der Waals surface area contributed by atoms with Crippen molar-refractivity contribution in [3.8, 4) is 0 Å². The number of carboxylic acids is 1. The van der Waals surface area contributed by atoms with Crippen LogP contribution < -0.4 is 0 Å². The van der Waals surface area contributed by atoms with E-state index in [4.69, 9.17) is 4.74 Å². The number of carbonyl (C=O) groups excluding carboxylic acids is 2.